The van der Waals surface area contributed by atoms with E-state index in [0.717, 1.165) is 18.8 Å². The first-order chi connectivity index (χ1) is 8.33. The zero-order chi connectivity index (χ0) is 11.8. The Morgan fingerprint density at radius 3 is 2.82 bits per heavy atom. The highest BCUT2D eigenvalue weighted by Gasteiger charge is 2.46. The number of hydrogen-bond donors (Lipinski definition) is 1. The summed E-state index contributed by atoms with van der Waals surface area (Å²) in [6.07, 6.45) is 1.42. The Bertz CT molecular complexity index is 393. The van der Waals surface area contributed by atoms with Gasteiger partial charge in [-0.25, -0.2) is 0 Å². The SMILES string of the molecule is COc1ccc(N2C3COC(C3)C2CN)cc1. The van der Waals surface area contributed by atoms with Crippen molar-refractivity contribution in [3.05, 3.63) is 24.3 Å². The van der Waals surface area contributed by atoms with Gasteiger partial charge in [-0.3, -0.25) is 0 Å². The van der Waals surface area contributed by atoms with Gasteiger partial charge in [0.1, 0.15) is 5.75 Å². The molecule has 0 aromatic heterocycles. The lowest BCUT2D eigenvalue weighted by molar-refractivity contribution is 0.0720. The summed E-state index contributed by atoms with van der Waals surface area (Å²) < 4.78 is 10.9. The third-order valence-electron chi connectivity index (χ3n) is 3.80. The first kappa shape index (κ1) is 10.9. The van der Waals surface area contributed by atoms with Gasteiger partial charge in [-0.15, -0.1) is 0 Å². The number of rotatable bonds is 3. The lowest BCUT2D eigenvalue weighted by Gasteiger charge is -2.36. The number of hydrogen-bond acceptors (Lipinski definition) is 4. The van der Waals surface area contributed by atoms with E-state index in [0.29, 0.717) is 24.7 Å². The maximum absolute atomic E-state index is 5.86. The summed E-state index contributed by atoms with van der Waals surface area (Å²) in [5.41, 5.74) is 7.08. The van der Waals surface area contributed by atoms with Crippen molar-refractivity contribution in [2.24, 2.45) is 5.73 Å². The summed E-state index contributed by atoms with van der Waals surface area (Å²) in [5, 5.41) is 0. The van der Waals surface area contributed by atoms with Gasteiger partial charge in [0.25, 0.3) is 0 Å². The smallest absolute Gasteiger partial charge is 0.119 e. The minimum Gasteiger partial charge on any atom is -0.497 e. The molecule has 2 bridgehead atoms. The summed E-state index contributed by atoms with van der Waals surface area (Å²) >= 11 is 0. The molecule has 3 rings (SSSR count). The van der Waals surface area contributed by atoms with Gasteiger partial charge in [-0.2, -0.15) is 0 Å². The fourth-order valence-corrected chi connectivity index (χ4v) is 2.97. The van der Waals surface area contributed by atoms with E-state index in [1.165, 1.54) is 5.69 Å². The van der Waals surface area contributed by atoms with Gasteiger partial charge in [-0.05, 0) is 30.7 Å². The molecule has 2 heterocycles. The molecule has 0 amide bonds. The van der Waals surface area contributed by atoms with E-state index in [4.69, 9.17) is 15.2 Å². The highest BCUT2D eigenvalue weighted by Crippen LogP contribution is 2.37. The number of benzene rings is 1. The Labute approximate surface area is 101 Å². The second kappa shape index (κ2) is 4.20. The van der Waals surface area contributed by atoms with Gasteiger partial charge in [0.15, 0.2) is 0 Å². The molecule has 17 heavy (non-hydrogen) atoms. The Hall–Kier alpha value is -1.26. The fourth-order valence-electron chi connectivity index (χ4n) is 2.97. The van der Waals surface area contributed by atoms with E-state index >= 15 is 0 Å². The number of nitrogens with two attached hydrogens (primary N) is 1. The molecule has 2 saturated heterocycles. The quantitative estimate of drug-likeness (QED) is 0.847. The highest BCUT2D eigenvalue weighted by molar-refractivity contribution is 5.53. The van der Waals surface area contributed by atoms with Crippen molar-refractivity contribution in [2.75, 3.05) is 25.2 Å². The molecule has 2 aliphatic rings. The van der Waals surface area contributed by atoms with Crippen molar-refractivity contribution >= 4 is 5.69 Å². The molecule has 2 N–H and O–H groups in total. The first-order valence-corrected chi connectivity index (χ1v) is 6.07. The van der Waals surface area contributed by atoms with Crippen LogP contribution in [0.25, 0.3) is 0 Å². The molecule has 0 spiro atoms. The Balaban J connectivity index is 1.87. The topological polar surface area (TPSA) is 47.7 Å². The van der Waals surface area contributed by atoms with E-state index in [-0.39, 0.29) is 0 Å². The van der Waals surface area contributed by atoms with Crippen LogP contribution in [0.5, 0.6) is 5.75 Å². The average molecular weight is 234 g/mol. The van der Waals surface area contributed by atoms with Gasteiger partial charge in [-0.1, -0.05) is 0 Å². The molecule has 3 unspecified atom stereocenters. The van der Waals surface area contributed by atoms with E-state index in [9.17, 15) is 0 Å². The summed E-state index contributed by atoms with van der Waals surface area (Å²) in [5.74, 6) is 0.888. The summed E-state index contributed by atoms with van der Waals surface area (Å²) in [7, 11) is 1.68. The predicted molar refractivity (Wildman–Crippen MR) is 66.5 cm³/mol. The van der Waals surface area contributed by atoms with Crippen molar-refractivity contribution in [2.45, 2.75) is 24.6 Å². The molecule has 4 heteroatoms. The van der Waals surface area contributed by atoms with Gasteiger partial charge in [0.05, 0.1) is 31.9 Å². The zero-order valence-corrected chi connectivity index (χ0v) is 10.0. The molecule has 0 radical (unpaired) electrons. The van der Waals surface area contributed by atoms with Gasteiger partial charge in [0, 0.05) is 12.2 Å². The van der Waals surface area contributed by atoms with Crippen LogP contribution in [0.3, 0.4) is 0 Å². The van der Waals surface area contributed by atoms with E-state index in [1.807, 2.05) is 12.1 Å². The lowest BCUT2D eigenvalue weighted by Crippen LogP contribution is -2.49. The molecular weight excluding hydrogens is 216 g/mol. The number of fused-ring (bicyclic) bond motifs is 2. The standard InChI is InChI=1S/C13H18N2O2/c1-16-11-4-2-9(3-5-11)15-10-6-13(17-8-10)12(15)7-14/h2-5,10,12-13H,6-8,14H2,1H3. The number of morpholine rings is 1. The van der Waals surface area contributed by atoms with Crippen LogP contribution in [0.15, 0.2) is 24.3 Å². The van der Waals surface area contributed by atoms with Crippen molar-refractivity contribution in [1.82, 2.24) is 0 Å². The van der Waals surface area contributed by atoms with Crippen LogP contribution in [0.1, 0.15) is 6.42 Å². The molecule has 0 saturated carbocycles. The van der Waals surface area contributed by atoms with Gasteiger partial charge in [0.2, 0.25) is 0 Å². The predicted octanol–water partition coefficient (Wildman–Crippen LogP) is 1.000. The van der Waals surface area contributed by atoms with E-state index < -0.39 is 0 Å². The largest absolute Gasteiger partial charge is 0.497 e. The summed E-state index contributed by atoms with van der Waals surface area (Å²) in [4.78, 5) is 2.41. The Morgan fingerprint density at radius 2 is 2.18 bits per heavy atom. The number of ether oxygens (including phenoxy) is 2. The Morgan fingerprint density at radius 1 is 1.41 bits per heavy atom. The van der Waals surface area contributed by atoms with E-state index in [2.05, 4.69) is 17.0 Å². The molecule has 4 nitrogen and oxygen atoms in total. The minimum absolute atomic E-state index is 0.312. The number of methoxy groups -OCH3 is 1. The van der Waals surface area contributed by atoms with Gasteiger partial charge >= 0.3 is 0 Å². The van der Waals surface area contributed by atoms with Crippen LogP contribution in [0, 0.1) is 0 Å². The number of anilines is 1. The molecule has 1 aromatic rings. The maximum atomic E-state index is 5.86. The van der Waals surface area contributed by atoms with Crippen molar-refractivity contribution < 1.29 is 9.47 Å². The number of nitrogens with zero attached hydrogens (tertiary/aromatic N) is 1. The molecular formula is C13H18N2O2. The fraction of sp³-hybridized carbons (Fsp3) is 0.538. The van der Waals surface area contributed by atoms with Crippen molar-refractivity contribution in [3.8, 4) is 5.75 Å². The summed E-state index contributed by atoms with van der Waals surface area (Å²) in [6.45, 7) is 1.47. The zero-order valence-electron chi connectivity index (χ0n) is 10.0. The molecule has 2 fully saturated rings. The lowest BCUT2D eigenvalue weighted by atomic mass is 10.1. The first-order valence-electron chi connectivity index (χ1n) is 6.07. The van der Waals surface area contributed by atoms with Crippen LogP contribution in [-0.4, -0.2) is 38.4 Å². The van der Waals surface area contributed by atoms with Crippen LogP contribution >= 0.6 is 0 Å². The molecule has 0 aliphatic carbocycles. The molecule has 3 atom stereocenters. The van der Waals surface area contributed by atoms with Gasteiger partial charge < -0.3 is 20.1 Å². The summed E-state index contributed by atoms with van der Waals surface area (Å²) in [6, 6.07) is 9.00. The third kappa shape index (κ3) is 1.68. The normalized spacial score (nSPS) is 30.9. The maximum Gasteiger partial charge on any atom is 0.119 e. The average Bonchev–Trinajstić information content (AvgIpc) is 2.98. The monoisotopic (exact) mass is 234 g/mol. The van der Waals surface area contributed by atoms with E-state index in [1.54, 1.807) is 7.11 Å². The molecule has 1 aromatic carbocycles. The second-order valence-corrected chi connectivity index (χ2v) is 4.67. The molecule has 2 aliphatic heterocycles. The Kier molecular flexibility index (Phi) is 2.68. The van der Waals surface area contributed by atoms with Crippen LogP contribution in [0.2, 0.25) is 0 Å². The van der Waals surface area contributed by atoms with Crippen molar-refractivity contribution in [1.29, 1.82) is 0 Å². The van der Waals surface area contributed by atoms with Crippen LogP contribution in [0.4, 0.5) is 5.69 Å². The second-order valence-electron chi connectivity index (χ2n) is 4.67. The minimum atomic E-state index is 0.312. The van der Waals surface area contributed by atoms with Crippen LogP contribution in [-0.2, 0) is 4.74 Å². The highest BCUT2D eigenvalue weighted by atomic mass is 16.5. The molecule has 92 valence electrons. The van der Waals surface area contributed by atoms with Crippen LogP contribution < -0.4 is 15.4 Å². The third-order valence-corrected chi connectivity index (χ3v) is 3.80. The van der Waals surface area contributed by atoms with Crippen molar-refractivity contribution in [3.63, 3.8) is 0 Å².